The number of hydrogen-bond donors (Lipinski definition) is 0. The van der Waals surface area contributed by atoms with E-state index in [2.05, 4.69) is 25.8 Å². The van der Waals surface area contributed by atoms with E-state index in [4.69, 9.17) is 9.47 Å². The van der Waals surface area contributed by atoms with Gasteiger partial charge in [-0.05, 0) is 40.2 Å². The van der Waals surface area contributed by atoms with Crippen LogP contribution < -0.4 is 4.74 Å². The predicted molar refractivity (Wildman–Crippen MR) is 106 cm³/mol. The lowest BCUT2D eigenvalue weighted by molar-refractivity contribution is -0.0495. The molecule has 7 nitrogen and oxygen atoms in total. The maximum atomic E-state index is 13.0. The van der Waals surface area contributed by atoms with E-state index in [1.165, 1.54) is 16.8 Å². The number of hydrogen-bond acceptors (Lipinski definition) is 6. The van der Waals surface area contributed by atoms with E-state index in [1.54, 1.807) is 36.4 Å². The van der Waals surface area contributed by atoms with Gasteiger partial charge < -0.3 is 14.2 Å². The van der Waals surface area contributed by atoms with Crippen molar-refractivity contribution >= 4 is 27.9 Å². The Labute approximate surface area is 178 Å². The molecule has 1 heterocycles. The van der Waals surface area contributed by atoms with Crippen LogP contribution in [0.25, 0.3) is 16.9 Å². The van der Waals surface area contributed by atoms with E-state index in [0.717, 1.165) is 14.2 Å². The summed E-state index contributed by atoms with van der Waals surface area (Å²) in [5.41, 5.74) is -0.0616. The number of alkyl halides is 2. The van der Waals surface area contributed by atoms with Crippen LogP contribution in [0.1, 0.15) is 20.8 Å². The highest BCUT2D eigenvalue weighted by atomic mass is 79.9. The molecule has 0 saturated heterocycles. The molecule has 10 heteroatoms. The van der Waals surface area contributed by atoms with Gasteiger partial charge in [0.25, 0.3) is 0 Å². The second kappa shape index (κ2) is 9.04. The van der Waals surface area contributed by atoms with Crippen LogP contribution >= 0.6 is 15.9 Å². The van der Waals surface area contributed by atoms with Crippen LogP contribution in [0.3, 0.4) is 0 Å². The number of esters is 2. The molecule has 0 aliphatic carbocycles. The molecule has 2 aromatic carbocycles. The first-order chi connectivity index (χ1) is 14.4. The van der Waals surface area contributed by atoms with Gasteiger partial charge in [0, 0.05) is 4.47 Å². The van der Waals surface area contributed by atoms with Crippen molar-refractivity contribution in [3.8, 4) is 22.7 Å². The summed E-state index contributed by atoms with van der Waals surface area (Å²) in [4.78, 5) is 25.2. The van der Waals surface area contributed by atoms with Gasteiger partial charge in [0.2, 0.25) is 0 Å². The SMILES string of the molecule is COC(=O)c1c(-c2c(Br)cccc2OC(F)F)nn(-c2ccccc2)c1C(=O)OC. The van der Waals surface area contributed by atoms with E-state index in [-0.39, 0.29) is 28.3 Å². The molecule has 0 fully saturated rings. The van der Waals surface area contributed by atoms with Crippen LogP contribution in [0.15, 0.2) is 53.0 Å². The monoisotopic (exact) mass is 480 g/mol. The highest BCUT2D eigenvalue weighted by molar-refractivity contribution is 9.10. The number of carbonyl (C=O) groups excluding carboxylic acids is 2. The lowest BCUT2D eigenvalue weighted by Gasteiger charge is -2.12. The van der Waals surface area contributed by atoms with Gasteiger partial charge in [-0.15, -0.1) is 0 Å². The molecule has 0 aliphatic heterocycles. The molecular formula is C20H15BrF2N2O5. The average Bonchev–Trinajstić information content (AvgIpc) is 3.13. The minimum atomic E-state index is -3.11. The van der Waals surface area contributed by atoms with Crippen LogP contribution in [0, 0.1) is 0 Å². The Morgan fingerprint density at radius 1 is 1.00 bits per heavy atom. The van der Waals surface area contributed by atoms with Crippen molar-refractivity contribution in [2.75, 3.05) is 14.2 Å². The predicted octanol–water partition coefficient (Wildman–Crippen LogP) is 4.48. The Bertz CT molecular complexity index is 1090. The number of halogens is 3. The lowest BCUT2D eigenvalue weighted by Crippen LogP contribution is -2.15. The molecule has 30 heavy (non-hydrogen) atoms. The summed E-state index contributed by atoms with van der Waals surface area (Å²) in [6.07, 6.45) is 0. The molecule has 1 aromatic heterocycles. The van der Waals surface area contributed by atoms with Crippen LogP contribution in [-0.2, 0) is 9.47 Å². The number of rotatable bonds is 6. The highest BCUT2D eigenvalue weighted by Crippen LogP contribution is 2.40. The minimum absolute atomic E-state index is 0.0537. The van der Waals surface area contributed by atoms with Crippen LogP contribution in [0.2, 0.25) is 0 Å². The van der Waals surface area contributed by atoms with E-state index < -0.39 is 18.6 Å². The summed E-state index contributed by atoms with van der Waals surface area (Å²) in [5, 5.41) is 4.38. The Balaban J connectivity index is 2.41. The normalized spacial score (nSPS) is 10.7. The molecule has 0 aliphatic rings. The number of para-hydroxylation sites is 1. The zero-order chi connectivity index (χ0) is 21.8. The van der Waals surface area contributed by atoms with Gasteiger partial charge in [0.05, 0.1) is 25.5 Å². The molecule has 0 bridgehead atoms. The quantitative estimate of drug-likeness (QED) is 0.484. The first kappa shape index (κ1) is 21.4. The summed E-state index contributed by atoms with van der Waals surface area (Å²) < 4.78 is 41.8. The van der Waals surface area contributed by atoms with Crippen LogP contribution in [0.4, 0.5) is 8.78 Å². The zero-order valence-corrected chi connectivity index (χ0v) is 17.4. The van der Waals surface area contributed by atoms with Gasteiger partial charge in [-0.2, -0.15) is 13.9 Å². The average molecular weight is 481 g/mol. The molecule has 156 valence electrons. The summed E-state index contributed by atoms with van der Waals surface area (Å²) in [5.74, 6) is -1.99. The van der Waals surface area contributed by atoms with Crippen LogP contribution in [0.5, 0.6) is 5.75 Å². The van der Waals surface area contributed by atoms with E-state index in [9.17, 15) is 18.4 Å². The van der Waals surface area contributed by atoms with E-state index in [1.807, 2.05) is 0 Å². The summed E-state index contributed by atoms with van der Waals surface area (Å²) >= 11 is 3.28. The van der Waals surface area contributed by atoms with Crippen molar-refractivity contribution in [3.63, 3.8) is 0 Å². The van der Waals surface area contributed by atoms with E-state index in [0.29, 0.717) is 10.2 Å². The Morgan fingerprint density at radius 2 is 1.67 bits per heavy atom. The molecule has 0 N–H and O–H groups in total. The molecule has 0 atom stereocenters. The second-order valence-corrected chi connectivity index (χ2v) is 6.65. The van der Waals surface area contributed by atoms with Crippen molar-refractivity contribution in [3.05, 3.63) is 64.3 Å². The Morgan fingerprint density at radius 3 is 2.27 bits per heavy atom. The summed E-state index contributed by atoms with van der Waals surface area (Å²) in [7, 11) is 2.28. The van der Waals surface area contributed by atoms with Crippen molar-refractivity contribution in [2.24, 2.45) is 0 Å². The van der Waals surface area contributed by atoms with Gasteiger partial charge in [-0.3, -0.25) is 0 Å². The smallest absolute Gasteiger partial charge is 0.387 e. The first-order valence-electron chi connectivity index (χ1n) is 8.47. The molecule has 0 amide bonds. The van der Waals surface area contributed by atoms with E-state index >= 15 is 0 Å². The Hall–Kier alpha value is -3.27. The molecule has 3 aromatic rings. The molecule has 0 radical (unpaired) electrons. The van der Waals surface area contributed by atoms with Gasteiger partial charge in [-0.1, -0.05) is 24.3 Å². The fraction of sp³-hybridized carbons (Fsp3) is 0.150. The second-order valence-electron chi connectivity index (χ2n) is 5.79. The van der Waals surface area contributed by atoms with Crippen molar-refractivity contribution < 1.29 is 32.6 Å². The van der Waals surface area contributed by atoms with Crippen LogP contribution in [-0.4, -0.2) is 42.6 Å². The highest BCUT2D eigenvalue weighted by Gasteiger charge is 2.33. The number of carbonyl (C=O) groups is 2. The van der Waals surface area contributed by atoms with Gasteiger partial charge in [0.1, 0.15) is 17.0 Å². The Kier molecular flexibility index (Phi) is 6.46. The molecule has 0 unspecified atom stereocenters. The molecule has 0 saturated carbocycles. The third kappa shape index (κ3) is 4.04. The van der Waals surface area contributed by atoms with Crippen molar-refractivity contribution in [2.45, 2.75) is 6.61 Å². The number of nitrogens with zero attached hydrogens (tertiary/aromatic N) is 2. The summed E-state index contributed by atoms with van der Waals surface area (Å²) in [6.45, 7) is -3.11. The topological polar surface area (TPSA) is 79.7 Å². The molecule has 3 rings (SSSR count). The van der Waals surface area contributed by atoms with Gasteiger partial charge >= 0.3 is 18.6 Å². The maximum absolute atomic E-state index is 13.0. The first-order valence-corrected chi connectivity index (χ1v) is 9.27. The lowest BCUT2D eigenvalue weighted by atomic mass is 10.0. The van der Waals surface area contributed by atoms with Gasteiger partial charge in [0.15, 0.2) is 5.69 Å². The number of methoxy groups -OCH3 is 2. The third-order valence-corrected chi connectivity index (χ3v) is 4.74. The van der Waals surface area contributed by atoms with Crippen molar-refractivity contribution in [1.29, 1.82) is 0 Å². The minimum Gasteiger partial charge on any atom is -0.465 e. The standard InChI is InChI=1S/C20H15BrF2N2O5/c1-28-18(26)15-16(14-12(21)9-6-10-13(14)30-20(22)23)24-25(17(15)19(27)29-2)11-7-4-3-5-8-11/h3-10,20H,1-2H3. The fourth-order valence-electron chi connectivity index (χ4n) is 2.86. The molecular weight excluding hydrogens is 466 g/mol. The molecule has 0 spiro atoms. The number of aromatic nitrogens is 2. The zero-order valence-electron chi connectivity index (χ0n) is 15.8. The van der Waals surface area contributed by atoms with Crippen molar-refractivity contribution in [1.82, 2.24) is 9.78 Å². The largest absolute Gasteiger partial charge is 0.465 e. The summed E-state index contributed by atoms with van der Waals surface area (Å²) in [6, 6.07) is 12.8. The fourth-order valence-corrected chi connectivity index (χ4v) is 3.39. The third-order valence-electron chi connectivity index (χ3n) is 4.08. The number of ether oxygens (including phenoxy) is 3. The van der Waals surface area contributed by atoms with Gasteiger partial charge in [-0.25, -0.2) is 14.3 Å². The number of benzene rings is 2. The maximum Gasteiger partial charge on any atom is 0.387 e.